The summed E-state index contributed by atoms with van der Waals surface area (Å²) < 4.78 is 0. The Balaban J connectivity index is 1.60. The molecule has 0 saturated heterocycles. The van der Waals surface area contributed by atoms with Crippen LogP contribution in [0.4, 0.5) is 0 Å². The molecule has 2 heteroatoms. The molecule has 3 aliphatic carbocycles. The Kier molecular flexibility index (Phi) is 3.49. The van der Waals surface area contributed by atoms with Gasteiger partial charge in [-0.05, 0) is 59.4 Å². The summed E-state index contributed by atoms with van der Waals surface area (Å²) in [4.78, 5) is 9.65. The molecule has 0 spiro atoms. The first-order valence-corrected chi connectivity index (χ1v) is 9.61. The summed E-state index contributed by atoms with van der Waals surface area (Å²) in [6.07, 6.45) is 4.23. The van der Waals surface area contributed by atoms with Gasteiger partial charge in [0.1, 0.15) is 0 Å². The molecule has 3 aromatic rings. The molecule has 0 radical (unpaired) electrons. The van der Waals surface area contributed by atoms with E-state index >= 15 is 0 Å². The first-order chi connectivity index (χ1) is 12.6. The van der Waals surface area contributed by atoms with Crippen molar-refractivity contribution in [3.05, 3.63) is 83.7 Å². The summed E-state index contributed by atoms with van der Waals surface area (Å²) in [6, 6.07) is 21.4. The van der Waals surface area contributed by atoms with Gasteiger partial charge in [0.15, 0.2) is 0 Å². The van der Waals surface area contributed by atoms with Gasteiger partial charge >= 0.3 is 0 Å². The van der Waals surface area contributed by atoms with E-state index in [-0.39, 0.29) is 0 Å². The third-order valence-corrected chi connectivity index (χ3v) is 6.74. The molecular weight excluding hydrogens is 316 g/mol. The standard InChI is InChI=1S/C24H24N2/c1-24(2)19-15-20(24)18(14-16-8-4-3-5-9-16)23-17(19)11-12-22(26-23)21-10-6-7-13-25-21/h3-13,18-20H,14-15H2,1-2H3/t18?,19-,20+/m1/s1. The predicted octanol–water partition coefficient (Wildman–Crippen LogP) is 5.61. The van der Waals surface area contributed by atoms with Crippen molar-refractivity contribution >= 4 is 0 Å². The average molecular weight is 340 g/mol. The molecule has 26 heavy (non-hydrogen) atoms. The van der Waals surface area contributed by atoms with E-state index in [1.807, 2.05) is 18.3 Å². The average Bonchev–Trinajstić information content (AvgIpc) is 2.68. The summed E-state index contributed by atoms with van der Waals surface area (Å²) in [6.45, 7) is 4.89. The topological polar surface area (TPSA) is 25.8 Å². The second kappa shape index (κ2) is 5.77. The molecule has 0 N–H and O–H groups in total. The van der Waals surface area contributed by atoms with Crippen molar-refractivity contribution in [2.45, 2.75) is 38.5 Å². The summed E-state index contributed by atoms with van der Waals surface area (Å²) in [7, 11) is 0. The van der Waals surface area contributed by atoms with Gasteiger partial charge in [-0.15, -0.1) is 0 Å². The first kappa shape index (κ1) is 15.7. The van der Waals surface area contributed by atoms with Gasteiger partial charge in [0, 0.05) is 17.8 Å². The molecular formula is C24H24N2. The minimum atomic E-state index is 0.376. The Bertz CT molecular complexity index is 931. The van der Waals surface area contributed by atoms with Crippen LogP contribution in [0.3, 0.4) is 0 Å². The zero-order valence-corrected chi connectivity index (χ0v) is 15.4. The molecule has 0 amide bonds. The van der Waals surface area contributed by atoms with Gasteiger partial charge in [-0.3, -0.25) is 9.97 Å². The lowest BCUT2D eigenvalue weighted by atomic mass is 9.44. The minimum absolute atomic E-state index is 0.376. The molecule has 3 aliphatic rings. The van der Waals surface area contributed by atoms with Crippen molar-refractivity contribution < 1.29 is 0 Å². The molecule has 130 valence electrons. The number of hydrogen-bond acceptors (Lipinski definition) is 2. The van der Waals surface area contributed by atoms with Crippen molar-refractivity contribution in [3.8, 4) is 11.4 Å². The maximum atomic E-state index is 5.15. The first-order valence-electron chi connectivity index (χ1n) is 9.61. The molecule has 0 aliphatic heterocycles. The second-order valence-electron chi connectivity index (χ2n) is 8.40. The molecule has 3 atom stereocenters. The third-order valence-electron chi connectivity index (χ3n) is 6.74. The lowest BCUT2D eigenvalue weighted by Gasteiger charge is -2.60. The largest absolute Gasteiger partial charge is 0.255 e. The maximum absolute atomic E-state index is 5.15. The van der Waals surface area contributed by atoms with Gasteiger partial charge in [-0.1, -0.05) is 56.3 Å². The lowest BCUT2D eigenvalue weighted by molar-refractivity contribution is -0.00746. The smallest absolute Gasteiger partial charge is 0.0889 e. The summed E-state index contributed by atoms with van der Waals surface area (Å²) >= 11 is 0. The molecule has 1 unspecified atom stereocenters. The number of benzene rings is 1. The molecule has 1 aromatic carbocycles. The number of nitrogens with zero attached hydrogens (tertiary/aromatic N) is 2. The summed E-state index contributed by atoms with van der Waals surface area (Å²) in [5.74, 6) is 1.86. The Morgan fingerprint density at radius 1 is 0.923 bits per heavy atom. The van der Waals surface area contributed by atoms with Gasteiger partial charge in [-0.25, -0.2) is 0 Å². The third kappa shape index (κ3) is 2.32. The van der Waals surface area contributed by atoms with E-state index in [1.54, 1.807) is 0 Å². The van der Waals surface area contributed by atoms with Crippen LogP contribution in [0.25, 0.3) is 11.4 Å². The monoisotopic (exact) mass is 340 g/mol. The van der Waals surface area contributed by atoms with Crippen molar-refractivity contribution in [2.24, 2.45) is 11.3 Å². The van der Waals surface area contributed by atoms with Gasteiger partial charge in [0.2, 0.25) is 0 Å². The molecule has 2 bridgehead atoms. The second-order valence-corrected chi connectivity index (χ2v) is 8.40. The van der Waals surface area contributed by atoms with E-state index in [1.165, 1.54) is 23.2 Å². The molecule has 6 rings (SSSR count). The fraction of sp³-hybridized carbons (Fsp3) is 0.333. The van der Waals surface area contributed by atoms with Gasteiger partial charge in [0.05, 0.1) is 11.4 Å². The highest BCUT2D eigenvalue weighted by Crippen LogP contribution is 2.66. The molecule has 2 nitrogen and oxygen atoms in total. The van der Waals surface area contributed by atoms with E-state index in [4.69, 9.17) is 4.98 Å². The van der Waals surface area contributed by atoms with Crippen LogP contribution in [-0.4, -0.2) is 9.97 Å². The number of hydrogen-bond donors (Lipinski definition) is 0. The highest BCUT2D eigenvalue weighted by molar-refractivity contribution is 5.56. The number of rotatable bonds is 3. The van der Waals surface area contributed by atoms with Crippen LogP contribution in [-0.2, 0) is 6.42 Å². The van der Waals surface area contributed by atoms with Crippen LogP contribution < -0.4 is 0 Å². The SMILES string of the molecule is CC1(C)[C@@H]2C[C@H]1C(Cc1ccccc1)c1nc(-c3ccccn3)ccc12. The Hall–Kier alpha value is -2.48. The van der Waals surface area contributed by atoms with Crippen LogP contribution in [0, 0.1) is 11.3 Å². The number of pyridine rings is 2. The van der Waals surface area contributed by atoms with E-state index < -0.39 is 0 Å². The zero-order chi connectivity index (χ0) is 17.7. The predicted molar refractivity (Wildman–Crippen MR) is 105 cm³/mol. The van der Waals surface area contributed by atoms with Crippen LogP contribution in [0.5, 0.6) is 0 Å². The fourth-order valence-electron chi connectivity index (χ4n) is 5.20. The van der Waals surface area contributed by atoms with E-state index in [2.05, 4.69) is 67.4 Å². The van der Waals surface area contributed by atoms with Crippen LogP contribution in [0.1, 0.15) is 48.9 Å². The van der Waals surface area contributed by atoms with Crippen LogP contribution >= 0.6 is 0 Å². The molecule has 2 aromatic heterocycles. The lowest BCUT2D eigenvalue weighted by Crippen LogP contribution is -2.51. The highest BCUT2D eigenvalue weighted by Gasteiger charge is 2.57. The van der Waals surface area contributed by atoms with E-state index in [0.29, 0.717) is 23.2 Å². The van der Waals surface area contributed by atoms with Crippen molar-refractivity contribution in [1.82, 2.24) is 9.97 Å². The summed E-state index contributed by atoms with van der Waals surface area (Å²) in [5, 5.41) is 0. The van der Waals surface area contributed by atoms with Crippen molar-refractivity contribution in [1.29, 1.82) is 0 Å². The molecule has 1 fully saturated rings. The fourth-order valence-corrected chi connectivity index (χ4v) is 5.20. The van der Waals surface area contributed by atoms with Crippen molar-refractivity contribution in [2.75, 3.05) is 0 Å². The quantitative estimate of drug-likeness (QED) is 0.619. The molecule has 2 heterocycles. The van der Waals surface area contributed by atoms with Crippen LogP contribution in [0.15, 0.2) is 66.9 Å². The zero-order valence-electron chi connectivity index (χ0n) is 15.4. The normalized spacial score (nSPS) is 25.2. The van der Waals surface area contributed by atoms with Crippen molar-refractivity contribution in [3.63, 3.8) is 0 Å². The molecule has 1 saturated carbocycles. The van der Waals surface area contributed by atoms with Gasteiger partial charge < -0.3 is 0 Å². The highest BCUT2D eigenvalue weighted by atomic mass is 14.8. The number of aromatic nitrogens is 2. The Morgan fingerprint density at radius 3 is 2.46 bits per heavy atom. The Labute approximate surface area is 155 Å². The maximum Gasteiger partial charge on any atom is 0.0889 e. The van der Waals surface area contributed by atoms with Gasteiger partial charge in [0.25, 0.3) is 0 Å². The van der Waals surface area contributed by atoms with E-state index in [0.717, 1.165) is 17.8 Å². The van der Waals surface area contributed by atoms with Gasteiger partial charge in [-0.2, -0.15) is 0 Å². The van der Waals surface area contributed by atoms with E-state index in [9.17, 15) is 0 Å². The van der Waals surface area contributed by atoms with Crippen LogP contribution in [0.2, 0.25) is 0 Å². The Morgan fingerprint density at radius 2 is 1.73 bits per heavy atom. The summed E-state index contributed by atoms with van der Waals surface area (Å²) in [5.41, 5.74) is 6.54. The minimum Gasteiger partial charge on any atom is -0.255 e.